The van der Waals surface area contributed by atoms with Crippen molar-refractivity contribution in [3.05, 3.63) is 32.8 Å². The monoisotopic (exact) mass is 327 g/mol. The van der Waals surface area contributed by atoms with Gasteiger partial charge in [-0.1, -0.05) is 15.9 Å². The van der Waals surface area contributed by atoms with Crippen LogP contribution in [0, 0.1) is 10.1 Å². The van der Waals surface area contributed by atoms with E-state index in [4.69, 9.17) is 0 Å². The summed E-state index contributed by atoms with van der Waals surface area (Å²) in [6, 6.07) is 5.84. The first-order chi connectivity index (χ1) is 8.99. The number of nitro groups is 1. The molecule has 1 aromatic rings. The quantitative estimate of drug-likeness (QED) is 0.632. The normalized spacial score (nSPS) is 16.9. The summed E-state index contributed by atoms with van der Waals surface area (Å²) in [6.45, 7) is 1.73. The molecule has 0 spiro atoms. The summed E-state index contributed by atoms with van der Waals surface area (Å²) in [6.07, 6.45) is 2.08. The van der Waals surface area contributed by atoms with E-state index in [1.54, 1.807) is 6.07 Å². The van der Waals surface area contributed by atoms with Gasteiger partial charge in [0, 0.05) is 29.7 Å². The van der Waals surface area contributed by atoms with E-state index in [9.17, 15) is 10.1 Å². The predicted molar refractivity (Wildman–Crippen MR) is 79.7 cm³/mol. The fourth-order valence-corrected chi connectivity index (χ4v) is 2.88. The van der Waals surface area contributed by atoms with E-state index >= 15 is 0 Å². The van der Waals surface area contributed by atoms with Gasteiger partial charge < -0.3 is 9.80 Å². The van der Waals surface area contributed by atoms with Crippen molar-refractivity contribution in [2.75, 3.05) is 32.1 Å². The van der Waals surface area contributed by atoms with Gasteiger partial charge in [0.2, 0.25) is 0 Å². The molecule has 1 heterocycles. The molecule has 1 saturated heterocycles. The topological polar surface area (TPSA) is 49.6 Å². The third kappa shape index (κ3) is 3.25. The highest BCUT2D eigenvalue weighted by Crippen LogP contribution is 2.33. The molecule has 5 nitrogen and oxygen atoms in total. The van der Waals surface area contributed by atoms with Crippen LogP contribution in [0.5, 0.6) is 0 Å². The van der Waals surface area contributed by atoms with Gasteiger partial charge in [0.25, 0.3) is 5.69 Å². The second-order valence-corrected chi connectivity index (χ2v) is 5.99. The highest BCUT2D eigenvalue weighted by molar-refractivity contribution is 9.10. The number of nitro benzene ring substituents is 1. The lowest BCUT2D eigenvalue weighted by atomic mass is 10.0. The molecule has 6 heteroatoms. The average Bonchev–Trinajstić information content (AvgIpc) is 2.38. The van der Waals surface area contributed by atoms with Crippen molar-refractivity contribution in [3.8, 4) is 0 Å². The maximum atomic E-state index is 11.1. The molecule has 0 aromatic heterocycles. The van der Waals surface area contributed by atoms with Crippen LogP contribution in [0.25, 0.3) is 0 Å². The fraction of sp³-hybridized carbons (Fsp3) is 0.538. The summed E-state index contributed by atoms with van der Waals surface area (Å²) in [5.74, 6) is 0. The minimum Gasteiger partial charge on any atom is -0.366 e. The molecule has 0 bridgehead atoms. The van der Waals surface area contributed by atoms with Crippen LogP contribution in [0.1, 0.15) is 12.8 Å². The molecule has 0 aliphatic carbocycles. The SMILES string of the molecule is CN(C)C1CCN(c2ccc(Br)cc2[N+](=O)[O-])CC1. The maximum absolute atomic E-state index is 11.1. The molecule has 2 rings (SSSR count). The van der Waals surface area contributed by atoms with Gasteiger partial charge in [-0.15, -0.1) is 0 Å². The Morgan fingerprint density at radius 2 is 2.00 bits per heavy atom. The number of rotatable bonds is 3. The van der Waals surface area contributed by atoms with Crippen LogP contribution in [-0.2, 0) is 0 Å². The Hall–Kier alpha value is -1.14. The van der Waals surface area contributed by atoms with Crippen molar-refractivity contribution in [2.24, 2.45) is 0 Å². The number of halogens is 1. The summed E-state index contributed by atoms with van der Waals surface area (Å²) in [5.41, 5.74) is 0.906. The fourth-order valence-electron chi connectivity index (χ4n) is 2.53. The number of piperidine rings is 1. The largest absolute Gasteiger partial charge is 0.366 e. The van der Waals surface area contributed by atoms with Gasteiger partial charge in [-0.25, -0.2) is 0 Å². The van der Waals surface area contributed by atoms with E-state index in [1.807, 2.05) is 12.1 Å². The van der Waals surface area contributed by atoms with Crippen LogP contribution in [0.4, 0.5) is 11.4 Å². The molecule has 19 heavy (non-hydrogen) atoms. The summed E-state index contributed by atoms with van der Waals surface area (Å²) in [4.78, 5) is 15.2. The molecule has 1 aliphatic heterocycles. The molecule has 1 aliphatic rings. The minimum atomic E-state index is -0.307. The van der Waals surface area contributed by atoms with Crippen molar-refractivity contribution in [1.82, 2.24) is 4.90 Å². The lowest BCUT2D eigenvalue weighted by Crippen LogP contribution is -2.42. The standard InChI is InChI=1S/C13H18BrN3O2/c1-15(2)11-5-7-16(8-6-11)12-4-3-10(14)9-13(12)17(18)19/h3-4,9,11H,5-8H2,1-2H3. The second-order valence-electron chi connectivity index (χ2n) is 5.07. The van der Waals surface area contributed by atoms with Gasteiger partial charge in [0.05, 0.1) is 4.92 Å². The van der Waals surface area contributed by atoms with Gasteiger partial charge >= 0.3 is 0 Å². The number of hydrogen-bond acceptors (Lipinski definition) is 4. The number of benzene rings is 1. The smallest absolute Gasteiger partial charge is 0.293 e. The Kier molecular flexibility index (Phi) is 4.42. The van der Waals surface area contributed by atoms with Gasteiger partial charge in [-0.2, -0.15) is 0 Å². The Bertz CT molecular complexity index is 471. The Balaban J connectivity index is 2.17. The highest BCUT2D eigenvalue weighted by Gasteiger charge is 2.25. The Morgan fingerprint density at radius 1 is 1.37 bits per heavy atom. The van der Waals surface area contributed by atoms with E-state index in [-0.39, 0.29) is 10.6 Å². The lowest BCUT2D eigenvalue weighted by Gasteiger charge is -2.36. The number of nitrogens with zero attached hydrogens (tertiary/aromatic N) is 3. The maximum Gasteiger partial charge on any atom is 0.293 e. The van der Waals surface area contributed by atoms with Crippen LogP contribution in [0.3, 0.4) is 0 Å². The zero-order valence-electron chi connectivity index (χ0n) is 11.2. The van der Waals surface area contributed by atoms with E-state index in [2.05, 4.69) is 39.8 Å². The van der Waals surface area contributed by atoms with Crippen molar-refractivity contribution in [3.63, 3.8) is 0 Å². The van der Waals surface area contributed by atoms with E-state index in [0.717, 1.165) is 36.1 Å². The van der Waals surface area contributed by atoms with Crippen molar-refractivity contribution < 1.29 is 4.92 Å². The molecule has 0 amide bonds. The third-order valence-electron chi connectivity index (χ3n) is 3.67. The molecule has 0 atom stereocenters. The first-order valence-corrected chi connectivity index (χ1v) is 7.13. The van der Waals surface area contributed by atoms with Crippen LogP contribution < -0.4 is 4.90 Å². The number of hydrogen-bond donors (Lipinski definition) is 0. The van der Waals surface area contributed by atoms with Crippen LogP contribution in [0.2, 0.25) is 0 Å². The summed E-state index contributed by atoms with van der Waals surface area (Å²) < 4.78 is 0.742. The molecule has 0 unspecified atom stereocenters. The van der Waals surface area contributed by atoms with Gasteiger partial charge in [0.15, 0.2) is 0 Å². The Morgan fingerprint density at radius 3 is 2.53 bits per heavy atom. The minimum absolute atomic E-state index is 0.178. The first kappa shape index (κ1) is 14.3. The molecule has 104 valence electrons. The van der Waals surface area contributed by atoms with Crippen molar-refractivity contribution in [1.29, 1.82) is 0 Å². The molecule has 0 N–H and O–H groups in total. The first-order valence-electron chi connectivity index (χ1n) is 6.34. The zero-order valence-corrected chi connectivity index (χ0v) is 12.8. The van der Waals surface area contributed by atoms with Crippen molar-refractivity contribution >= 4 is 27.3 Å². The van der Waals surface area contributed by atoms with Crippen LogP contribution >= 0.6 is 15.9 Å². The van der Waals surface area contributed by atoms with Crippen LogP contribution in [-0.4, -0.2) is 43.0 Å². The molecule has 0 saturated carbocycles. The van der Waals surface area contributed by atoms with E-state index < -0.39 is 0 Å². The molecule has 1 aromatic carbocycles. The second kappa shape index (κ2) is 5.88. The molecular formula is C13H18BrN3O2. The average molecular weight is 328 g/mol. The van der Waals surface area contributed by atoms with Crippen molar-refractivity contribution in [2.45, 2.75) is 18.9 Å². The van der Waals surface area contributed by atoms with Crippen LogP contribution in [0.15, 0.2) is 22.7 Å². The van der Waals surface area contributed by atoms with Gasteiger partial charge in [-0.05, 0) is 39.1 Å². The molecular weight excluding hydrogens is 310 g/mol. The van der Waals surface area contributed by atoms with E-state index in [1.165, 1.54) is 0 Å². The lowest BCUT2D eigenvalue weighted by molar-refractivity contribution is -0.384. The zero-order chi connectivity index (χ0) is 14.0. The highest BCUT2D eigenvalue weighted by atomic mass is 79.9. The third-order valence-corrected chi connectivity index (χ3v) is 4.16. The molecule has 1 fully saturated rings. The predicted octanol–water partition coefficient (Wildman–Crippen LogP) is 2.89. The Labute approximate surface area is 121 Å². The van der Waals surface area contributed by atoms with E-state index in [0.29, 0.717) is 6.04 Å². The summed E-state index contributed by atoms with van der Waals surface area (Å²) >= 11 is 3.29. The number of anilines is 1. The summed E-state index contributed by atoms with van der Waals surface area (Å²) in [7, 11) is 4.17. The van der Waals surface area contributed by atoms with Gasteiger partial charge in [-0.3, -0.25) is 10.1 Å². The molecule has 0 radical (unpaired) electrons. The van der Waals surface area contributed by atoms with Gasteiger partial charge in [0.1, 0.15) is 5.69 Å². The summed E-state index contributed by atoms with van der Waals surface area (Å²) in [5, 5.41) is 11.1.